The van der Waals surface area contributed by atoms with Gasteiger partial charge in [-0.2, -0.15) is 0 Å². The van der Waals surface area contributed by atoms with Gasteiger partial charge in [0.15, 0.2) is 0 Å². The average molecular weight is 339 g/mol. The topological polar surface area (TPSA) is 133 Å². The maximum atomic E-state index is 12.3. The van der Waals surface area contributed by atoms with Crippen LogP contribution in [-0.2, 0) is 17.8 Å². The van der Waals surface area contributed by atoms with Crippen molar-refractivity contribution in [1.29, 1.82) is 0 Å². The molecule has 1 aromatic carbocycles. The Hall–Kier alpha value is -3.42. The van der Waals surface area contributed by atoms with Gasteiger partial charge in [0.2, 0.25) is 11.8 Å². The largest absolute Gasteiger partial charge is 0.366 e. The molecule has 0 unspecified atom stereocenters. The van der Waals surface area contributed by atoms with Gasteiger partial charge in [-0.3, -0.25) is 14.4 Å². The molecule has 0 saturated heterocycles. The first-order chi connectivity index (χ1) is 11.9. The van der Waals surface area contributed by atoms with Crippen LogP contribution in [0.25, 0.3) is 6.20 Å². The third-order valence-electron chi connectivity index (χ3n) is 3.94. The summed E-state index contributed by atoms with van der Waals surface area (Å²) in [7, 11) is 0. The maximum absolute atomic E-state index is 12.3. The van der Waals surface area contributed by atoms with Gasteiger partial charge in [-0.1, -0.05) is 12.1 Å². The van der Waals surface area contributed by atoms with Crippen molar-refractivity contribution in [3.8, 4) is 0 Å². The molecular weight excluding hydrogens is 322 g/mol. The fraction of sp³-hybridized carbons (Fsp3) is 0.176. The number of rotatable bonds is 5. The minimum Gasteiger partial charge on any atom is -0.366 e. The summed E-state index contributed by atoms with van der Waals surface area (Å²) in [6, 6.07) is 6.72. The number of benzene rings is 1. The van der Waals surface area contributed by atoms with Gasteiger partial charge < -0.3 is 21.4 Å². The second kappa shape index (κ2) is 6.60. The zero-order valence-electron chi connectivity index (χ0n) is 13.4. The molecule has 0 bridgehead atoms. The standard InChI is InChI=1S/C17H17N5O3/c18-15(23)11-3-1-2-10(6-11)7-20-17(25)13-9-22-8-12(16(19)24)4-5-14(22)21-13/h1-3,6,8-9H,4-5,7H2,(H2,18,23)(H2,19,24)(H,20,25). The Morgan fingerprint density at radius 3 is 2.68 bits per heavy atom. The lowest BCUT2D eigenvalue weighted by atomic mass is 10.1. The van der Waals surface area contributed by atoms with Gasteiger partial charge in [0.05, 0.1) is 0 Å². The minimum absolute atomic E-state index is 0.241. The molecule has 0 aliphatic carbocycles. The van der Waals surface area contributed by atoms with E-state index in [-0.39, 0.29) is 18.1 Å². The van der Waals surface area contributed by atoms with Crippen LogP contribution in [0.4, 0.5) is 0 Å². The number of nitrogens with one attached hydrogen (secondary N) is 1. The van der Waals surface area contributed by atoms with Crippen LogP contribution in [0.15, 0.2) is 36.0 Å². The van der Waals surface area contributed by atoms with Crippen LogP contribution >= 0.6 is 0 Å². The zero-order valence-corrected chi connectivity index (χ0v) is 13.4. The highest BCUT2D eigenvalue weighted by molar-refractivity contribution is 5.96. The van der Waals surface area contributed by atoms with E-state index >= 15 is 0 Å². The van der Waals surface area contributed by atoms with Crippen LogP contribution in [0, 0.1) is 0 Å². The number of hydrogen-bond acceptors (Lipinski definition) is 4. The highest BCUT2D eigenvalue weighted by Gasteiger charge is 2.19. The lowest BCUT2D eigenvalue weighted by molar-refractivity contribution is -0.114. The first-order valence-corrected chi connectivity index (χ1v) is 7.69. The lowest BCUT2D eigenvalue weighted by Gasteiger charge is -2.11. The van der Waals surface area contributed by atoms with Crippen molar-refractivity contribution < 1.29 is 14.4 Å². The number of fused-ring (bicyclic) bond motifs is 1. The second-order valence-corrected chi connectivity index (χ2v) is 5.72. The van der Waals surface area contributed by atoms with E-state index in [1.165, 1.54) is 0 Å². The molecular formula is C17H17N5O3. The Labute approximate surface area is 143 Å². The Balaban J connectivity index is 1.70. The Morgan fingerprint density at radius 2 is 1.96 bits per heavy atom. The summed E-state index contributed by atoms with van der Waals surface area (Å²) < 4.78 is 1.65. The number of carbonyl (C=O) groups excluding carboxylic acids is 3. The first-order valence-electron chi connectivity index (χ1n) is 7.69. The minimum atomic E-state index is -0.521. The quantitative estimate of drug-likeness (QED) is 0.716. The Bertz CT molecular complexity index is 897. The molecule has 25 heavy (non-hydrogen) atoms. The van der Waals surface area contributed by atoms with E-state index in [1.54, 1.807) is 41.2 Å². The molecule has 1 aromatic heterocycles. The molecule has 1 aliphatic rings. The first kappa shape index (κ1) is 16.4. The SMILES string of the molecule is NC(=O)C1=Cn2cc(C(=O)NCc3cccc(C(N)=O)c3)nc2CC1. The van der Waals surface area contributed by atoms with Crippen molar-refractivity contribution in [1.82, 2.24) is 14.9 Å². The predicted octanol–water partition coefficient (Wildman–Crippen LogP) is 0.184. The van der Waals surface area contributed by atoms with Gasteiger partial charge in [0.1, 0.15) is 11.5 Å². The fourth-order valence-corrected chi connectivity index (χ4v) is 2.61. The molecule has 0 atom stereocenters. The second-order valence-electron chi connectivity index (χ2n) is 5.72. The summed E-state index contributed by atoms with van der Waals surface area (Å²) in [5, 5.41) is 2.75. The monoisotopic (exact) mass is 339 g/mol. The molecule has 0 fully saturated rings. The van der Waals surface area contributed by atoms with Gasteiger partial charge in [-0.25, -0.2) is 4.98 Å². The van der Waals surface area contributed by atoms with Crippen LogP contribution in [-0.4, -0.2) is 27.3 Å². The summed E-state index contributed by atoms with van der Waals surface area (Å²) in [4.78, 5) is 39.0. The van der Waals surface area contributed by atoms with Crippen LogP contribution in [0.3, 0.4) is 0 Å². The zero-order chi connectivity index (χ0) is 18.0. The summed E-state index contributed by atoms with van der Waals surface area (Å²) in [6.45, 7) is 0.241. The van der Waals surface area contributed by atoms with E-state index < -0.39 is 11.8 Å². The number of amides is 3. The average Bonchev–Trinajstić information content (AvgIpc) is 3.03. The smallest absolute Gasteiger partial charge is 0.271 e. The summed E-state index contributed by atoms with van der Waals surface area (Å²) in [6.07, 6.45) is 4.21. The number of nitrogens with two attached hydrogens (primary N) is 2. The van der Waals surface area contributed by atoms with Crippen molar-refractivity contribution in [3.05, 3.63) is 58.7 Å². The molecule has 3 amide bonds. The molecule has 8 heteroatoms. The third kappa shape index (κ3) is 3.57. The maximum Gasteiger partial charge on any atom is 0.271 e. The number of aromatic nitrogens is 2. The summed E-state index contributed by atoms with van der Waals surface area (Å²) in [5.74, 6) is -0.641. The van der Waals surface area contributed by atoms with Gasteiger partial charge in [0.25, 0.3) is 5.91 Å². The molecule has 0 spiro atoms. The van der Waals surface area contributed by atoms with E-state index in [1.807, 2.05) is 0 Å². The normalized spacial score (nSPS) is 12.9. The number of nitrogens with zero attached hydrogens (tertiary/aromatic N) is 2. The van der Waals surface area contributed by atoms with E-state index in [9.17, 15) is 14.4 Å². The molecule has 2 heterocycles. The molecule has 0 radical (unpaired) electrons. The van der Waals surface area contributed by atoms with E-state index in [2.05, 4.69) is 10.3 Å². The van der Waals surface area contributed by atoms with Crippen molar-refractivity contribution in [2.75, 3.05) is 0 Å². The van der Waals surface area contributed by atoms with Crippen molar-refractivity contribution >= 4 is 23.9 Å². The van der Waals surface area contributed by atoms with Gasteiger partial charge >= 0.3 is 0 Å². The number of carbonyl (C=O) groups is 3. The van der Waals surface area contributed by atoms with Crippen LogP contribution in [0.2, 0.25) is 0 Å². The third-order valence-corrected chi connectivity index (χ3v) is 3.94. The molecule has 2 aromatic rings. The van der Waals surface area contributed by atoms with Gasteiger partial charge in [-0.15, -0.1) is 0 Å². The number of imidazole rings is 1. The molecule has 3 rings (SSSR count). The molecule has 5 N–H and O–H groups in total. The highest BCUT2D eigenvalue weighted by Crippen LogP contribution is 2.18. The van der Waals surface area contributed by atoms with Crippen LogP contribution in [0.1, 0.15) is 38.7 Å². The summed E-state index contributed by atoms with van der Waals surface area (Å²) in [5.41, 5.74) is 12.4. The van der Waals surface area contributed by atoms with Crippen molar-refractivity contribution in [2.45, 2.75) is 19.4 Å². The molecule has 128 valence electrons. The van der Waals surface area contributed by atoms with E-state index in [4.69, 9.17) is 11.5 Å². The van der Waals surface area contributed by atoms with Crippen LogP contribution in [0.5, 0.6) is 0 Å². The molecule has 8 nitrogen and oxygen atoms in total. The fourth-order valence-electron chi connectivity index (χ4n) is 2.61. The van der Waals surface area contributed by atoms with E-state index in [0.29, 0.717) is 29.8 Å². The summed E-state index contributed by atoms with van der Waals surface area (Å²) >= 11 is 0. The van der Waals surface area contributed by atoms with Crippen molar-refractivity contribution in [2.24, 2.45) is 11.5 Å². The van der Waals surface area contributed by atoms with Gasteiger partial charge in [-0.05, 0) is 24.1 Å². The van der Waals surface area contributed by atoms with Gasteiger partial charge in [0, 0.05) is 36.5 Å². The Kier molecular flexibility index (Phi) is 4.34. The predicted molar refractivity (Wildman–Crippen MR) is 90.1 cm³/mol. The molecule has 0 saturated carbocycles. The number of aryl methyl sites for hydroxylation is 1. The molecule has 1 aliphatic heterocycles. The van der Waals surface area contributed by atoms with Crippen LogP contribution < -0.4 is 16.8 Å². The van der Waals surface area contributed by atoms with Crippen molar-refractivity contribution in [3.63, 3.8) is 0 Å². The number of hydrogen-bond donors (Lipinski definition) is 3. The van der Waals surface area contributed by atoms with E-state index in [0.717, 1.165) is 5.56 Å². The lowest BCUT2D eigenvalue weighted by Crippen LogP contribution is -2.23. The number of primary amides is 2. The highest BCUT2D eigenvalue weighted by atomic mass is 16.2. The Morgan fingerprint density at radius 1 is 1.16 bits per heavy atom.